The van der Waals surface area contributed by atoms with Crippen molar-refractivity contribution in [1.82, 2.24) is 4.90 Å². The smallest absolute Gasteiger partial charge is 0.304 e. The zero-order valence-corrected chi connectivity index (χ0v) is 16.5. The molecule has 0 bridgehead atoms. The number of nitrogens with zero attached hydrogens (tertiary/aromatic N) is 1. The quantitative estimate of drug-likeness (QED) is 0.682. The van der Waals surface area contributed by atoms with Gasteiger partial charge in [0.15, 0.2) is 0 Å². The van der Waals surface area contributed by atoms with Gasteiger partial charge in [-0.2, -0.15) is 0 Å². The topological polar surface area (TPSA) is 40.5 Å². The van der Waals surface area contributed by atoms with E-state index in [9.17, 15) is 4.79 Å². The molecule has 1 saturated heterocycles. The normalized spacial score (nSPS) is 18.4. The Morgan fingerprint density at radius 1 is 1.42 bits per heavy atom. The van der Waals surface area contributed by atoms with Crippen LogP contribution in [0.1, 0.15) is 41.7 Å². The van der Waals surface area contributed by atoms with Crippen molar-refractivity contribution in [3.63, 3.8) is 0 Å². The highest BCUT2D eigenvalue weighted by Crippen LogP contribution is 2.32. The van der Waals surface area contributed by atoms with Gasteiger partial charge in [0.2, 0.25) is 0 Å². The third kappa shape index (κ3) is 4.76. The Labute approximate surface area is 163 Å². The second-order valence-corrected chi connectivity index (χ2v) is 8.13. The summed E-state index contributed by atoms with van der Waals surface area (Å²) in [6.07, 6.45) is 5.50. The first-order valence-electron chi connectivity index (χ1n) is 9.01. The lowest BCUT2D eigenvalue weighted by molar-refractivity contribution is -0.138. The summed E-state index contributed by atoms with van der Waals surface area (Å²) in [5.41, 5.74) is 3.62. The molecule has 0 radical (unpaired) electrons. The van der Waals surface area contributed by atoms with Gasteiger partial charge in [0.1, 0.15) is 0 Å². The van der Waals surface area contributed by atoms with Gasteiger partial charge in [-0.25, -0.2) is 0 Å². The summed E-state index contributed by atoms with van der Waals surface area (Å²) in [6.45, 7) is 4.02. The molecule has 138 valence electrons. The van der Waals surface area contributed by atoms with Crippen LogP contribution in [0.3, 0.4) is 0 Å². The first-order chi connectivity index (χ1) is 12.5. The molecule has 3 rings (SSSR count). The fraction of sp³-hybridized carbons (Fsp3) is 0.381. The lowest BCUT2D eigenvalue weighted by atomic mass is 10.0. The molecule has 0 aliphatic carbocycles. The van der Waals surface area contributed by atoms with Gasteiger partial charge in [-0.3, -0.25) is 9.69 Å². The van der Waals surface area contributed by atoms with E-state index in [4.69, 9.17) is 16.7 Å². The number of aliphatic carboxylic acids is 1. The van der Waals surface area contributed by atoms with Crippen molar-refractivity contribution >= 4 is 34.5 Å². The Kier molecular flexibility index (Phi) is 6.52. The van der Waals surface area contributed by atoms with Crippen molar-refractivity contribution in [2.45, 2.75) is 38.6 Å². The van der Waals surface area contributed by atoms with Crippen molar-refractivity contribution in [2.24, 2.45) is 0 Å². The van der Waals surface area contributed by atoms with Crippen molar-refractivity contribution in [1.29, 1.82) is 0 Å². The number of halogens is 1. The molecule has 0 spiro atoms. The summed E-state index contributed by atoms with van der Waals surface area (Å²) >= 11 is 7.95. The van der Waals surface area contributed by atoms with Gasteiger partial charge >= 0.3 is 5.97 Å². The van der Waals surface area contributed by atoms with Gasteiger partial charge < -0.3 is 5.11 Å². The molecule has 3 nitrogen and oxygen atoms in total. The number of likely N-dealkylation sites (tertiary alicyclic amines) is 1. The van der Waals surface area contributed by atoms with Crippen LogP contribution in [0.25, 0.3) is 5.57 Å². The van der Waals surface area contributed by atoms with E-state index in [1.165, 1.54) is 16.0 Å². The van der Waals surface area contributed by atoms with Gasteiger partial charge in [0.25, 0.3) is 0 Å². The fourth-order valence-electron chi connectivity index (χ4n) is 3.64. The van der Waals surface area contributed by atoms with Gasteiger partial charge in [-0.05, 0) is 73.0 Å². The molecule has 5 heteroatoms. The van der Waals surface area contributed by atoms with E-state index in [0.29, 0.717) is 0 Å². The molecular weight excluding hydrogens is 366 g/mol. The highest BCUT2D eigenvalue weighted by molar-refractivity contribution is 7.11. The second kappa shape index (κ2) is 8.85. The molecular formula is C21H24ClNO2S. The molecule has 1 aliphatic rings. The SMILES string of the molecule is Cc1ccsc1C(=CCCN1CCC[C@H]1CC(=O)O)c1cccc(Cl)c1. The second-order valence-electron chi connectivity index (χ2n) is 6.78. The highest BCUT2D eigenvalue weighted by atomic mass is 35.5. The number of benzene rings is 1. The Balaban J connectivity index is 1.77. The molecule has 1 aromatic heterocycles. The fourth-order valence-corrected chi connectivity index (χ4v) is 4.82. The van der Waals surface area contributed by atoms with Crippen LogP contribution in [0.4, 0.5) is 0 Å². The van der Waals surface area contributed by atoms with Gasteiger partial charge in [-0.15, -0.1) is 11.3 Å². The van der Waals surface area contributed by atoms with Crippen LogP contribution in [-0.2, 0) is 4.79 Å². The van der Waals surface area contributed by atoms with E-state index in [1.54, 1.807) is 11.3 Å². The summed E-state index contributed by atoms with van der Waals surface area (Å²) < 4.78 is 0. The van der Waals surface area contributed by atoms with E-state index in [-0.39, 0.29) is 12.5 Å². The molecule has 26 heavy (non-hydrogen) atoms. The average molecular weight is 390 g/mol. The summed E-state index contributed by atoms with van der Waals surface area (Å²) in [5, 5.41) is 11.9. The Morgan fingerprint density at radius 2 is 2.27 bits per heavy atom. The molecule has 1 fully saturated rings. The van der Waals surface area contributed by atoms with Gasteiger partial charge in [0.05, 0.1) is 6.42 Å². The van der Waals surface area contributed by atoms with E-state index in [1.807, 2.05) is 18.2 Å². The number of carboxylic acid groups (broad SMARTS) is 1. The predicted molar refractivity (Wildman–Crippen MR) is 109 cm³/mol. The van der Waals surface area contributed by atoms with Gasteiger partial charge in [0, 0.05) is 22.5 Å². The Morgan fingerprint density at radius 3 is 2.96 bits per heavy atom. The molecule has 1 aliphatic heterocycles. The van der Waals surface area contributed by atoms with Crippen LogP contribution in [0.2, 0.25) is 5.02 Å². The number of carboxylic acids is 1. The largest absolute Gasteiger partial charge is 0.481 e. The zero-order chi connectivity index (χ0) is 18.5. The maximum atomic E-state index is 11.0. The third-order valence-corrected chi connectivity index (χ3v) is 6.20. The number of thiophene rings is 1. The van der Waals surface area contributed by atoms with E-state index >= 15 is 0 Å². The maximum Gasteiger partial charge on any atom is 0.304 e. The lowest BCUT2D eigenvalue weighted by Crippen LogP contribution is -2.32. The first kappa shape index (κ1) is 19.2. The summed E-state index contributed by atoms with van der Waals surface area (Å²) in [4.78, 5) is 14.6. The molecule has 0 saturated carbocycles. The molecule has 2 heterocycles. The number of hydrogen-bond acceptors (Lipinski definition) is 3. The van der Waals surface area contributed by atoms with Gasteiger partial charge in [-0.1, -0.05) is 29.8 Å². The minimum atomic E-state index is -0.703. The average Bonchev–Trinajstić information content (AvgIpc) is 3.20. The summed E-state index contributed by atoms with van der Waals surface area (Å²) in [7, 11) is 0. The van der Waals surface area contributed by atoms with E-state index < -0.39 is 5.97 Å². The van der Waals surface area contributed by atoms with Crippen molar-refractivity contribution in [3.05, 3.63) is 62.8 Å². The zero-order valence-electron chi connectivity index (χ0n) is 15.0. The Hall–Kier alpha value is -1.62. The maximum absolute atomic E-state index is 11.0. The third-order valence-electron chi connectivity index (χ3n) is 4.92. The molecule has 0 unspecified atom stereocenters. The number of hydrogen-bond donors (Lipinski definition) is 1. The molecule has 1 atom stereocenters. The highest BCUT2D eigenvalue weighted by Gasteiger charge is 2.25. The predicted octanol–water partition coefficient (Wildman–Crippen LogP) is 5.47. The van der Waals surface area contributed by atoms with Crippen molar-refractivity contribution in [3.8, 4) is 0 Å². The van der Waals surface area contributed by atoms with Crippen LogP contribution in [0.5, 0.6) is 0 Å². The van der Waals surface area contributed by atoms with Crippen LogP contribution < -0.4 is 0 Å². The van der Waals surface area contributed by atoms with Crippen LogP contribution in [0.15, 0.2) is 41.8 Å². The molecule has 0 amide bonds. The first-order valence-corrected chi connectivity index (χ1v) is 10.3. The van der Waals surface area contributed by atoms with Crippen molar-refractivity contribution < 1.29 is 9.90 Å². The minimum Gasteiger partial charge on any atom is -0.481 e. The van der Waals surface area contributed by atoms with Crippen LogP contribution in [0, 0.1) is 6.92 Å². The lowest BCUT2D eigenvalue weighted by Gasteiger charge is -2.22. The van der Waals surface area contributed by atoms with E-state index in [0.717, 1.165) is 42.9 Å². The van der Waals surface area contributed by atoms with Crippen molar-refractivity contribution in [2.75, 3.05) is 13.1 Å². The monoisotopic (exact) mass is 389 g/mol. The molecule has 2 aromatic rings. The molecule has 1 N–H and O–H groups in total. The standard InChI is InChI=1S/C21H24ClNO2S/c1-15-9-12-26-21(15)19(16-5-2-6-17(22)13-16)8-4-11-23-10-3-7-18(23)14-20(24)25/h2,5-6,8-9,12-13,18H,3-4,7,10-11,14H2,1H3,(H,24,25)/t18-/m0/s1. The number of carbonyl (C=O) groups is 1. The van der Waals surface area contributed by atoms with Crippen LogP contribution >= 0.6 is 22.9 Å². The summed E-state index contributed by atoms with van der Waals surface area (Å²) in [6, 6.07) is 10.3. The van der Waals surface area contributed by atoms with Crippen LogP contribution in [-0.4, -0.2) is 35.1 Å². The number of rotatable bonds is 7. The number of aryl methyl sites for hydroxylation is 1. The van der Waals surface area contributed by atoms with E-state index in [2.05, 4.69) is 35.4 Å². The minimum absolute atomic E-state index is 0.180. The Bertz CT molecular complexity index is 799. The summed E-state index contributed by atoms with van der Waals surface area (Å²) in [5.74, 6) is -0.703. The molecule has 1 aromatic carbocycles.